The van der Waals surface area contributed by atoms with E-state index in [0.29, 0.717) is 25.4 Å². The topological polar surface area (TPSA) is 49.5 Å². The van der Waals surface area contributed by atoms with Crippen molar-refractivity contribution >= 4 is 0 Å². The first kappa shape index (κ1) is 13.3. The predicted molar refractivity (Wildman–Crippen MR) is 71.4 cm³/mol. The third-order valence-corrected chi connectivity index (χ3v) is 3.62. The fourth-order valence-corrected chi connectivity index (χ4v) is 2.76. The first-order valence-corrected chi connectivity index (χ1v) is 6.70. The molecule has 1 fully saturated rings. The summed E-state index contributed by atoms with van der Waals surface area (Å²) in [5, 5.41) is 9.90. The van der Waals surface area contributed by atoms with Crippen LogP contribution >= 0.6 is 0 Å². The van der Waals surface area contributed by atoms with E-state index in [-0.39, 0.29) is 11.9 Å². The van der Waals surface area contributed by atoms with Gasteiger partial charge in [-0.15, -0.1) is 0 Å². The van der Waals surface area contributed by atoms with Crippen LogP contribution in [0.4, 0.5) is 4.39 Å². The summed E-state index contributed by atoms with van der Waals surface area (Å²) in [7, 11) is 0. The Hall–Kier alpha value is -1.72. The smallest absolute Gasteiger partial charge is 0.208 e. The van der Waals surface area contributed by atoms with E-state index < -0.39 is 6.10 Å². The minimum atomic E-state index is -0.403. The molecule has 0 radical (unpaired) electrons. The van der Waals surface area contributed by atoms with Gasteiger partial charge in [0, 0.05) is 12.6 Å². The molecule has 2 heterocycles. The Morgan fingerprint density at radius 2 is 2.35 bits per heavy atom. The van der Waals surface area contributed by atoms with Gasteiger partial charge in [0.15, 0.2) is 0 Å². The lowest BCUT2D eigenvalue weighted by Gasteiger charge is -2.22. The van der Waals surface area contributed by atoms with E-state index in [1.54, 1.807) is 12.3 Å². The van der Waals surface area contributed by atoms with Gasteiger partial charge in [-0.3, -0.25) is 4.90 Å². The number of β-amino-alcohol motifs (C(OH)–C–C–N with tert-alkyl or cyclic N) is 1. The maximum Gasteiger partial charge on any atom is 0.208 e. The number of aliphatic hydroxyl groups is 1. The fraction of sp³-hybridized carbons (Fsp3) is 0.400. The largest absolute Gasteiger partial charge is 0.445 e. The summed E-state index contributed by atoms with van der Waals surface area (Å²) >= 11 is 0. The van der Waals surface area contributed by atoms with Crippen molar-refractivity contribution < 1.29 is 13.9 Å². The van der Waals surface area contributed by atoms with Crippen LogP contribution in [-0.2, 0) is 6.54 Å². The highest BCUT2D eigenvalue weighted by Crippen LogP contribution is 2.33. The van der Waals surface area contributed by atoms with Crippen LogP contribution in [0.15, 0.2) is 34.9 Å². The summed E-state index contributed by atoms with van der Waals surface area (Å²) in [6.07, 6.45) is 1.88. The van der Waals surface area contributed by atoms with Gasteiger partial charge in [0.05, 0.1) is 18.8 Å². The van der Waals surface area contributed by atoms with Crippen molar-refractivity contribution in [1.29, 1.82) is 0 Å². The van der Waals surface area contributed by atoms with Crippen LogP contribution in [0, 0.1) is 12.7 Å². The summed E-state index contributed by atoms with van der Waals surface area (Å²) in [6, 6.07) is 6.53. The van der Waals surface area contributed by atoms with Crippen molar-refractivity contribution in [1.82, 2.24) is 9.88 Å². The standard InChI is InChI=1S/C15H17FN2O2/c1-10-7-17-15(20-10)9-18-8-13(19)6-14(18)11-3-2-4-12(16)5-11/h2-5,7,13-14,19H,6,8-9H2,1H3/t13-,14-/m1/s1. The van der Waals surface area contributed by atoms with E-state index in [1.165, 1.54) is 12.1 Å². The number of nitrogens with zero attached hydrogens (tertiary/aromatic N) is 2. The minimum Gasteiger partial charge on any atom is -0.445 e. The first-order chi connectivity index (χ1) is 9.61. The highest BCUT2D eigenvalue weighted by Gasteiger charge is 2.32. The number of benzene rings is 1. The zero-order valence-electron chi connectivity index (χ0n) is 11.3. The highest BCUT2D eigenvalue weighted by molar-refractivity contribution is 5.21. The molecule has 0 saturated carbocycles. The van der Waals surface area contributed by atoms with Crippen molar-refractivity contribution in [3.05, 3.63) is 53.5 Å². The van der Waals surface area contributed by atoms with Gasteiger partial charge in [0.2, 0.25) is 5.89 Å². The molecule has 0 unspecified atom stereocenters. The second-order valence-electron chi connectivity index (χ2n) is 5.25. The molecule has 3 rings (SSSR count). The molecule has 0 spiro atoms. The van der Waals surface area contributed by atoms with Crippen LogP contribution in [0.25, 0.3) is 0 Å². The zero-order chi connectivity index (χ0) is 14.1. The molecule has 1 aliphatic heterocycles. The van der Waals surface area contributed by atoms with Gasteiger partial charge in [-0.25, -0.2) is 9.37 Å². The van der Waals surface area contributed by atoms with Gasteiger partial charge in [-0.05, 0) is 31.0 Å². The molecule has 1 aliphatic rings. The number of aryl methyl sites for hydroxylation is 1. The Bertz CT molecular complexity index is 599. The van der Waals surface area contributed by atoms with Gasteiger partial charge >= 0.3 is 0 Å². The van der Waals surface area contributed by atoms with E-state index in [2.05, 4.69) is 9.88 Å². The summed E-state index contributed by atoms with van der Waals surface area (Å²) in [5.41, 5.74) is 0.879. The normalized spacial score (nSPS) is 23.4. The summed E-state index contributed by atoms with van der Waals surface area (Å²) < 4.78 is 18.8. The second-order valence-corrected chi connectivity index (χ2v) is 5.25. The van der Waals surface area contributed by atoms with Crippen LogP contribution < -0.4 is 0 Å². The second kappa shape index (κ2) is 5.34. The first-order valence-electron chi connectivity index (χ1n) is 6.70. The van der Waals surface area contributed by atoms with Crippen LogP contribution in [0.5, 0.6) is 0 Å². The van der Waals surface area contributed by atoms with E-state index in [1.807, 2.05) is 13.0 Å². The van der Waals surface area contributed by atoms with Gasteiger partial charge in [0.1, 0.15) is 11.6 Å². The third-order valence-electron chi connectivity index (χ3n) is 3.62. The number of aromatic nitrogens is 1. The molecular formula is C15H17FN2O2. The molecule has 2 aromatic rings. The minimum absolute atomic E-state index is 0.00657. The summed E-state index contributed by atoms with van der Waals surface area (Å²) in [6.45, 7) is 2.91. The van der Waals surface area contributed by atoms with Crippen LogP contribution in [0.3, 0.4) is 0 Å². The Morgan fingerprint density at radius 3 is 3.05 bits per heavy atom. The molecule has 106 valence electrons. The molecule has 0 amide bonds. The molecule has 2 atom stereocenters. The van der Waals surface area contributed by atoms with Crippen molar-refractivity contribution in [3.8, 4) is 0 Å². The maximum atomic E-state index is 13.4. The molecule has 20 heavy (non-hydrogen) atoms. The Labute approximate surface area is 116 Å². The Kier molecular flexibility index (Phi) is 3.54. The highest BCUT2D eigenvalue weighted by atomic mass is 19.1. The van der Waals surface area contributed by atoms with Crippen LogP contribution in [-0.4, -0.2) is 27.6 Å². The van der Waals surface area contributed by atoms with E-state index in [4.69, 9.17) is 4.42 Å². The van der Waals surface area contributed by atoms with Crippen molar-refractivity contribution in [2.24, 2.45) is 0 Å². The molecule has 0 aliphatic carbocycles. The number of hydrogen-bond acceptors (Lipinski definition) is 4. The molecule has 0 bridgehead atoms. The number of halogens is 1. The zero-order valence-corrected chi connectivity index (χ0v) is 11.3. The average Bonchev–Trinajstić information content (AvgIpc) is 2.96. The van der Waals surface area contributed by atoms with E-state index in [0.717, 1.165) is 11.3 Å². The molecule has 1 aromatic heterocycles. The molecule has 5 heteroatoms. The van der Waals surface area contributed by atoms with Crippen molar-refractivity contribution in [2.75, 3.05) is 6.54 Å². The lowest BCUT2D eigenvalue weighted by molar-refractivity contribution is 0.167. The number of rotatable bonds is 3. The van der Waals surface area contributed by atoms with Crippen molar-refractivity contribution in [2.45, 2.75) is 32.0 Å². The maximum absolute atomic E-state index is 13.4. The number of oxazole rings is 1. The Morgan fingerprint density at radius 1 is 1.50 bits per heavy atom. The molecule has 1 saturated heterocycles. The Balaban J connectivity index is 1.81. The number of hydrogen-bond donors (Lipinski definition) is 1. The van der Waals surface area contributed by atoms with Crippen molar-refractivity contribution in [3.63, 3.8) is 0 Å². The van der Waals surface area contributed by atoms with Gasteiger partial charge in [-0.1, -0.05) is 12.1 Å². The van der Waals surface area contributed by atoms with E-state index >= 15 is 0 Å². The lowest BCUT2D eigenvalue weighted by atomic mass is 10.0. The SMILES string of the molecule is Cc1cnc(CN2C[C@H](O)C[C@@H]2c2cccc(F)c2)o1. The lowest BCUT2D eigenvalue weighted by Crippen LogP contribution is -2.24. The van der Waals surface area contributed by atoms with Crippen LogP contribution in [0.2, 0.25) is 0 Å². The number of likely N-dealkylation sites (tertiary alicyclic amines) is 1. The summed E-state index contributed by atoms with van der Waals surface area (Å²) in [5.74, 6) is 1.14. The summed E-state index contributed by atoms with van der Waals surface area (Å²) in [4.78, 5) is 6.26. The predicted octanol–water partition coefficient (Wildman–Crippen LogP) is 2.43. The quantitative estimate of drug-likeness (QED) is 0.935. The fourth-order valence-electron chi connectivity index (χ4n) is 2.76. The van der Waals surface area contributed by atoms with Gasteiger partial charge in [-0.2, -0.15) is 0 Å². The monoisotopic (exact) mass is 276 g/mol. The molecule has 1 aromatic carbocycles. The third kappa shape index (κ3) is 2.73. The van der Waals surface area contributed by atoms with Crippen LogP contribution in [0.1, 0.15) is 29.7 Å². The van der Waals surface area contributed by atoms with Gasteiger partial charge in [0.25, 0.3) is 0 Å². The average molecular weight is 276 g/mol. The molecule has 4 nitrogen and oxygen atoms in total. The van der Waals surface area contributed by atoms with E-state index in [9.17, 15) is 9.50 Å². The molecular weight excluding hydrogens is 259 g/mol. The van der Waals surface area contributed by atoms with Gasteiger partial charge < -0.3 is 9.52 Å². The number of aliphatic hydroxyl groups excluding tert-OH is 1. The molecule has 1 N–H and O–H groups in total.